The van der Waals surface area contributed by atoms with Gasteiger partial charge in [0.25, 0.3) is 0 Å². The topological polar surface area (TPSA) is 9.23 Å². The number of rotatable bonds is 2. The van der Waals surface area contributed by atoms with Crippen LogP contribution in [0.3, 0.4) is 0 Å². The lowest BCUT2D eigenvalue weighted by Crippen LogP contribution is -2.29. The van der Waals surface area contributed by atoms with Crippen LogP contribution < -0.4 is 0 Å². The predicted molar refractivity (Wildman–Crippen MR) is 47.6 cm³/mol. The molecule has 1 aliphatic rings. The summed E-state index contributed by atoms with van der Waals surface area (Å²) in [6.07, 6.45) is 4.43. The molecule has 66 valence electrons. The Kier molecular flexibility index (Phi) is 3.38. The second-order valence-electron chi connectivity index (χ2n) is 3.94. The van der Waals surface area contributed by atoms with Gasteiger partial charge < -0.3 is 4.74 Å². The summed E-state index contributed by atoms with van der Waals surface area (Å²) >= 11 is 0. The van der Waals surface area contributed by atoms with Crippen molar-refractivity contribution in [2.75, 3.05) is 6.61 Å². The fourth-order valence-corrected chi connectivity index (χ4v) is 1.61. The van der Waals surface area contributed by atoms with Crippen molar-refractivity contribution in [2.45, 2.75) is 46.1 Å². The Bertz CT molecular complexity index is 103. The minimum absolute atomic E-state index is 0.552. The van der Waals surface area contributed by atoms with E-state index in [0.29, 0.717) is 6.10 Å². The van der Waals surface area contributed by atoms with Crippen molar-refractivity contribution >= 4 is 0 Å². The molecular formula is C10H20O. The highest BCUT2D eigenvalue weighted by Crippen LogP contribution is 2.24. The van der Waals surface area contributed by atoms with Crippen molar-refractivity contribution in [3.8, 4) is 0 Å². The lowest BCUT2D eigenvalue weighted by Gasteiger charge is -2.30. The van der Waals surface area contributed by atoms with Crippen molar-refractivity contribution in [1.29, 1.82) is 0 Å². The van der Waals surface area contributed by atoms with Gasteiger partial charge in [0.1, 0.15) is 0 Å². The lowest BCUT2D eigenvalue weighted by atomic mass is 9.92. The van der Waals surface area contributed by atoms with Crippen LogP contribution in [-0.4, -0.2) is 12.7 Å². The molecule has 0 aromatic rings. The number of hydrogen-bond donors (Lipinski definition) is 0. The van der Waals surface area contributed by atoms with Crippen LogP contribution >= 0.6 is 0 Å². The molecule has 0 saturated carbocycles. The Labute approximate surface area is 70.1 Å². The average Bonchev–Trinajstić information content (AvgIpc) is 2.05. The molecule has 3 atom stereocenters. The van der Waals surface area contributed by atoms with Crippen molar-refractivity contribution in [2.24, 2.45) is 11.8 Å². The first-order chi connectivity index (χ1) is 5.24. The van der Waals surface area contributed by atoms with Crippen LogP contribution in [0.15, 0.2) is 0 Å². The first kappa shape index (κ1) is 9.05. The van der Waals surface area contributed by atoms with Crippen molar-refractivity contribution in [1.82, 2.24) is 0 Å². The summed E-state index contributed by atoms with van der Waals surface area (Å²) in [7, 11) is 0. The SMILES string of the molecule is CCC(C)C1CCC(C)CO1. The Morgan fingerprint density at radius 2 is 2.18 bits per heavy atom. The van der Waals surface area contributed by atoms with Gasteiger partial charge in [-0.25, -0.2) is 0 Å². The zero-order valence-electron chi connectivity index (χ0n) is 7.97. The molecule has 11 heavy (non-hydrogen) atoms. The summed E-state index contributed by atoms with van der Waals surface area (Å²) in [6, 6.07) is 0. The van der Waals surface area contributed by atoms with Crippen LogP contribution in [0.4, 0.5) is 0 Å². The molecule has 0 radical (unpaired) electrons. The van der Waals surface area contributed by atoms with Gasteiger partial charge in [-0.1, -0.05) is 27.2 Å². The van der Waals surface area contributed by atoms with E-state index in [1.807, 2.05) is 0 Å². The number of ether oxygens (including phenoxy) is 1. The summed E-state index contributed by atoms with van der Waals surface area (Å²) in [5, 5.41) is 0. The van der Waals surface area contributed by atoms with Gasteiger partial charge in [0.15, 0.2) is 0 Å². The average molecular weight is 156 g/mol. The zero-order valence-corrected chi connectivity index (χ0v) is 7.97. The summed E-state index contributed by atoms with van der Waals surface area (Å²) in [6.45, 7) is 7.79. The van der Waals surface area contributed by atoms with Gasteiger partial charge in [-0.3, -0.25) is 0 Å². The second-order valence-corrected chi connectivity index (χ2v) is 3.94. The molecule has 0 spiro atoms. The summed E-state index contributed by atoms with van der Waals surface area (Å²) < 4.78 is 5.74. The molecule has 1 aliphatic heterocycles. The summed E-state index contributed by atoms with van der Waals surface area (Å²) in [4.78, 5) is 0. The maximum absolute atomic E-state index is 5.74. The lowest BCUT2D eigenvalue weighted by molar-refractivity contribution is -0.0399. The van der Waals surface area contributed by atoms with Gasteiger partial charge in [-0.15, -0.1) is 0 Å². The first-order valence-corrected chi connectivity index (χ1v) is 4.85. The van der Waals surface area contributed by atoms with E-state index in [9.17, 15) is 0 Å². The van der Waals surface area contributed by atoms with E-state index < -0.39 is 0 Å². The van der Waals surface area contributed by atoms with Crippen LogP contribution in [0.5, 0.6) is 0 Å². The van der Waals surface area contributed by atoms with E-state index in [4.69, 9.17) is 4.74 Å². The van der Waals surface area contributed by atoms with Crippen molar-refractivity contribution in [3.63, 3.8) is 0 Å². The molecule has 0 aliphatic carbocycles. The molecule has 0 amide bonds. The van der Waals surface area contributed by atoms with E-state index in [1.54, 1.807) is 0 Å². The fourth-order valence-electron chi connectivity index (χ4n) is 1.61. The van der Waals surface area contributed by atoms with Gasteiger partial charge in [-0.05, 0) is 24.7 Å². The second kappa shape index (κ2) is 4.10. The quantitative estimate of drug-likeness (QED) is 0.597. The molecule has 1 rings (SSSR count). The van der Waals surface area contributed by atoms with Gasteiger partial charge >= 0.3 is 0 Å². The smallest absolute Gasteiger partial charge is 0.0600 e. The van der Waals surface area contributed by atoms with E-state index in [2.05, 4.69) is 20.8 Å². The monoisotopic (exact) mass is 156 g/mol. The van der Waals surface area contributed by atoms with E-state index in [0.717, 1.165) is 18.4 Å². The van der Waals surface area contributed by atoms with Gasteiger partial charge in [0.2, 0.25) is 0 Å². The van der Waals surface area contributed by atoms with E-state index >= 15 is 0 Å². The Morgan fingerprint density at radius 1 is 1.45 bits per heavy atom. The summed E-state index contributed by atoms with van der Waals surface area (Å²) in [5.41, 5.74) is 0. The molecule has 1 heterocycles. The summed E-state index contributed by atoms with van der Waals surface area (Å²) in [5.74, 6) is 1.54. The third-order valence-corrected chi connectivity index (χ3v) is 2.82. The van der Waals surface area contributed by atoms with Gasteiger partial charge in [0.05, 0.1) is 6.10 Å². The molecular weight excluding hydrogens is 136 g/mol. The third-order valence-electron chi connectivity index (χ3n) is 2.82. The molecule has 0 bridgehead atoms. The van der Waals surface area contributed by atoms with Crippen molar-refractivity contribution in [3.05, 3.63) is 0 Å². The highest BCUT2D eigenvalue weighted by molar-refractivity contribution is 4.71. The van der Waals surface area contributed by atoms with Gasteiger partial charge in [0, 0.05) is 6.61 Å². The molecule has 0 aromatic heterocycles. The van der Waals surface area contributed by atoms with Crippen LogP contribution in [0, 0.1) is 11.8 Å². The highest BCUT2D eigenvalue weighted by atomic mass is 16.5. The largest absolute Gasteiger partial charge is 0.378 e. The number of hydrogen-bond acceptors (Lipinski definition) is 1. The van der Waals surface area contributed by atoms with Crippen LogP contribution in [0.2, 0.25) is 0 Å². The Morgan fingerprint density at radius 3 is 2.64 bits per heavy atom. The highest BCUT2D eigenvalue weighted by Gasteiger charge is 2.22. The van der Waals surface area contributed by atoms with Crippen LogP contribution in [-0.2, 0) is 4.74 Å². The molecule has 0 aromatic carbocycles. The normalized spacial score (nSPS) is 35.2. The minimum Gasteiger partial charge on any atom is -0.378 e. The molecule has 1 saturated heterocycles. The fraction of sp³-hybridized carbons (Fsp3) is 1.00. The van der Waals surface area contributed by atoms with E-state index in [-0.39, 0.29) is 0 Å². The molecule has 1 nitrogen and oxygen atoms in total. The molecule has 0 N–H and O–H groups in total. The maximum Gasteiger partial charge on any atom is 0.0600 e. The van der Waals surface area contributed by atoms with Crippen LogP contribution in [0.25, 0.3) is 0 Å². The first-order valence-electron chi connectivity index (χ1n) is 4.85. The van der Waals surface area contributed by atoms with E-state index in [1.165, 1.54) is 19.3 Å². The predicted octanol–water partition coefficient (Wildman–Crippen LogP) is 2.85. The Hall–Kier alpha value is -0.0400. The standard InChI is InChI=1S/C10H20O/c1-4-9(3)10-6-5-8(2)7-11-10/h8-10H,4-7H2,1-3H3. The minimum atomic E-state index is 0.552. The van der Waals surface area contributed by atoms with Crippen LogP contribution in [0.1, 0.15) is 40.0 Å². The zero-order chi connectivity index (χ0) is 8.27. The maximum atomic E-state index is 5.74. The molecule has 1 heteroatoms. The van der Waals surface area contributed by atoms with Crippen molar-refractivity contribution < 1.29 is 4.74 Å². The van der Waals surface area contributed by atoms with Gasteiger partial charge in [-0.2, -0.15) is 0 Å². The third kappa shape index (κ3) is 2.48. The molecule has 1 fully saturated rings. The molecule has 3 unspecified atom stereocenters. The Balaban J connectivity index is 2.27.